The first-order valence-corrected chi connectivity index (χ1v) is 6.01. The van der Waals surface area contributed by atoms with Gasteiger partial charge in [-0.05, 0) is 26.8 Å². The van der Waals surface area contributed by atoms with Crippen LogP contribution in [-0.2, 0) is 4.74 Å². The van der Waals surface area contributed by atoms with Gasteiger partial charge >= 0.3 is 5.97 Å². The predicted molar refractivity (Wildman–Crippen MR) is 70.4 cm³/mol. The molecule has 0 spiro atoms. The molecule has 5 nitrogen and oxygen atoms in total. The fraction of sp³-hybridized carbons (Fsp3) is 0.500. The molecule has 100 valence electrons. The number of carboxylic acid groups (broad SMARTS) is 1. The van der Waals surface area contributed by atoms with Gasteiger partial charge in [0.2, 0.25) is 0 Å². The molecule has 0 bridgehead atoms. The van der Waals surface area contributed by atoms with Gasteiger partial charge in [0.15, 0.2) is 0 Å². The minimum Gasteiger partial charge on any atom is -0.478 e. The zero-order valence-corrected chi connectivity index (χ0v) is 11.4. The van der Waals surface area contributed by atoms with Crippen molar-refractivity contribution >= 4 is 23.4 Å². The summed E-state index contributed by atoms with van der Waals surface area (Å²) in [4.78, 5) is 14.9. The average molecular weight is 273 g/mol. The second kappa shape index (κ2) is 6.02. The normalized spacial score (nSPS) is 11.3. The second-order valence-corrected chi connectivity index (χ2v) is 4.75. The van der Waals surface area contributed by atoms with E-state index in [9.17, 15) is 4.79 Å². The van der Waals surface area contributed by atoms with Gasteiger partial charge in [-0.1, -0.05) is 11.6 Å². The Balaban J connectivity index is 2.80. The first-order valence-electron chi connectivity index (χ1n) is 5.63. The number of anilines is 1. The number of aromatic carboxylic acids is 1. The third-order valence-corrected chi connectivity index (χ3v) is 2.72. The SMILES string of the molecule is CCOC(C)(C)CNc1nccc(C(=O)O)c1Cl. The molecule has 0 saturated heterocycles. The number of pyridine rings is 1. The van der Waals surface area contributed by atoms with Crippen LogP contribution < -0.4 is 5.32 Å². The number of carboxylic acids is 1. The molecule has 0 atom stereocenters. The number of hydrogen-bond acceptors (Lipinski definition) is 4. The lowest BCUT2D eigenvalue weighted by molar-refractivity contribution is 0.000644. The van der Waals surface area contributed by atoms with E-state index in [0.717, 1.165) is 0 Å². The van der Waals surface area contributed by atoms with Gasteiger partial charge in [-0.15, -0.1) is 0 Å². The summed E-state index contributed by atoms with van der Waals surface area (Å²) in [6.07, 6.45) is 1.41. The Morgan fingerprint density at radius 1 is 1.61 bits per heavy atom. The maximum absolute atomic E-state index is 10.9. The summed E-state index contributed by atoms with van der Waals surface area (Å²) in [5.74, 6) is -0.723. The summed E-state index contributed by atoms with van der Waals surface area (Å²) < 4.78 is 5.52. The molecule has 0 radical (unpaired) electrons. The lowest BCUT2D eigenvalue weighted by atomic mass is 10.1. The summed E-state index contributed by atoms with van der Waals surface area (Å²) in [5.41, 5.74) is -0.345. The molecule has 1 rings (SSSR count). The Bertz CT molecular complexity index is 435. The highest BCUT2D eigenvalue weighted by atomic mass is 35.5. The summed E-state index contributed by atoms with van der Waals surface area (Å²) >= 11 is 5.96. The third kappa shape index (κ3) is 3.85. The van der Waals surface area contributed by atoms with Crippen LogP contribution in [0.5, 0.6) is 0 Å². The van der Waals surface area contributed by atoms with Gasteiger partial charge in [0.1, 0.15) is 5.82 Å². The van der Waals surface area contributed by atoms with E-state index in [1.165, 1.54) is 12.3 Å². The van der Waals surface area contributed by atoms with Crippen molar-refractivity contribution in [1.29, 1.82) is 0 Å². The van der Waals surface area contributed by atoms with Crippen LogP contribution in [0.3, 0.4) is 0 Å². The molecule has 0 aliphatic heterocycles. The Morgan fingerprint density at radius 2 is 2.28 bits per heavy atom. The fourth-order valence-electron chi connectivity index (χ4n) is 1.47. The number of nitrogens with zero attached hydrogens (tertiary/aromatic N) is 1. The van der Waals surface area contributed by atoms with Crippen LogP contribution in [0.4, 0.5) is 5.82 Å². The molecule has 1 aromatic heterocycles. The van der Waals surface area contributed by atoms with Gasteiger partial charge in [-0.3, -0.25) is 0 Å². The van der Waals surface area contributed by atoms with Gasteiger partial charge in [0.05, 0.1) is 16.2 Å². The van der Waals surface area contributed by atoms with E-state index in [1.807, 2.05) is 20.8 Å². The molecule has 0 aliphatic carbocycles. The number of halogens is 1. The van der Waals surface area contributed by atoms with E-state index in [2.05, 4.69) is 10.3 Å². The Labute approximate surface area is 111 Å². The van der Waals surface area contributed by atoms with Crippen LogP contribution in [0, 0.1) is 0 Å². The van der Waals surface area contributed by atoms with Crippen molar-refractivity contribution in [3.05, 3.63) is 22.8 Å². The molecule has 0 fully saturated rings. The molecule has 0 amide bonds. The summed E-state index contributed by atoms with van der Waals surface area (Å²) in [6, 6.07) is 1.36. The molecule has 6 heteroatoms. The van der Waals surface area contributed by atoms with E-state index < -0.39 is 5.97 Å². The molecule has 0 aromatic carbocycles. The number of hydrogen-bond donors (Lipinski definition) is 2. The Kier molecular flexibility index (Phi) is 4.93. The average Bonchev–Trinajstić information content (AvgIpc) is 2.27. The second-order valence-electron chi connectivity index (χ2n) is 4.37. The molecule has 0 aliphatic rings. The van der Waals surface area contributed by atoms with E-state index in [0.29, 0.717) is 19.0 Å². The quantitative estimate of drug-likeness (QED) is 0.833. The first-order chi connectivity index (χ1) is 8.37. The molecular weight excluding hydrogens is 256 g/mol. The molecular formula is C12H17ClN2O3. The highest BCUT2D eigenvalue weighted by molar-refractivity contribution is 6.35. The highest BCUT2D eigenvalue weighted by Gasteiger charge is 2.19. The minimum atomic E-state index is -1.07. The Hall–Kier alpha value is -1.33. The van der Waals surface area contributed by atoms with Gasteiger partial charge in [-0.25, -0.2) is 9.78 Å². The topological polar surface area (TPSA) is 71.5 Å². The number of aromatic nitrogens is 1. The predicted octanol–water partition coefficient (Wildman–Crippen LogP) is 2.66. The summed E-state index contributed by atoms with van der Waals surface area (Å²) in [7, 11) is 0. The molecule has 0 saturated carbocycles. The van der Waals surface area contributed by atoms with E-state index >= 15 is 0 Å². The van der Waals surface area contributed by atoms with Crippen molar-refractivity contribution in [2.45, 2.75) is 26.4 Å². The van der Waals surface area contributed by atoms with Crippen molar-refractivity contribution in [2.75, 3.05) is 18.5 Å². The number of rotatable bonds is 6. The zero-order chi connectivity index (χ0) is 13.8. The van der Waals surface area contributed by atoms with E-state index in [-0.39, 0.29) is 16.2 Å². The third-order valence-electron chi connectivity index (χ3n) is 2.34. The monoisotopic (exact) mass is 272 g/mol. The molecule has 18 heavy (non-hydrogen) atoms. The van der Waals surface area contributed by atoms with Gasteiger partial charge in [0, 0.05) is 19.3 Å². The van der Waals surface area contributed by atoms with Crippen LogP contribution in [0.15, 0.2) is 12.3 Å². The highest BCUT2D eigenvalue weighted by Crippen LogP contribution is 2.24. The molecule has 1 heterocycles. The molecule has 1 aromatic rings. The van der Waals surface area contributed by atoms with Crippen molar-refractivity contribution in [3.63, 3.8) is 0 Å². The number of carbonyl (C=O) groups is 1. The van der Waals surface area contributed by atoms with Crippen molar-refractivity contribution in [1.82, 2.24) is 4.98 Å². The van der Waals surface area contributed by atoms with Crippen molar-refractivity contribution in [2.24, 2.45) is 0 Å². The number of ether oxygens (including phenoxy) is 1. The largest absolute Gasteiger partial charge is 0.478 e. The van der Waals surface area contributed by atoms with Crippen LogP contribution in [0.2, 0.25) is 5.02 Å². The van der Waals surface area contributed by atoms with E-state index in [1.54, 1.807) is 0 Å². The maximum Gasteiger partial charge on any atom is 0.337 e. The molecule has 0 unspecified atom stereocenters. The minimum absolute atomic E-state index is 0.0309. The smallest absolute Gasteiger partial charge is 0.337 e. The standard InChI is InChI=1S/C12H17ClN2O3/c1-4-18-12(2,3)7-15-10-9(13)8(11(16)17)5-6-14-10/h5-6H,4,7H2,1-3H3,(H,14,15)(H,16,17). The number of nitrogens with one attached hydrogen (secondary N) is 1. The van der Waals surface area contributed by atoms with Crippen LogP contribution in [-0.4, -0.2) is 34.8 Å². The van der Waals surface area contributed by atoms with Crippen LogP contribution in [0.25, 0.3) is 0 Å². The van der Waals surface area contributed by atoms with Crippen molar-refractivity contribution < 1.29 is 14.6 Å². The zero-order valence-electron chi connectivity index (χ0n) is 10.7. The van der Waals surface area contributed by atoms with Crippen molar-refractivity contribution in [3.8, 4) is 0 Å². The lowest BCUT2D eigenvalue weighted by Gasteiger charge is -2.25. The first kappa shape index (κ1) is 14.7. The van der Waals surface area contributed by atoms with Crippen LogP contribution >= 0.6 is 11.6 Å². The lowest BCUT2D eigenvalue weighted by Crippen LogP contribution is -2.33. The van der Waals surface area contributed by atoms with Gasteiger partial charge < -0.3 is 15.2 Å². The van der Waals surface area contributed by atoms with Gasteiger partial charge in [0.25, 0.3) is 0 Å². The summed E-state index contributed by atoms with van der Waals surface area (Å²) in [5, 5.41) is 12.0. The maximum atomic E-state index is 10.9. The van der Waals surface area contributed by atoms with Crippen LogP contribution in [0.1, 0.15) is 31.1 Å². The van der Waals surface area contributed by atoms with Gasteiger partial charge in [-0.2, -0.15) is 0 Å². The molecule has 2 N–H and O–H groups in total. The Morgan fingerprint density at radius 3 is 2.83 bits per heavy atom. The fourth-order valence-corrected chi connectivity index (χ4v) is 1.73. The van der Waals surface area contributed by atoms with E-state index in [4.69, 9.17) is 21.4 Å². The summed E-state index contributed by atoms with van der Waals surface area (Å²) in [6.45, 7) is 6.86.